The van der Waals surface area contributed by atoms with E-state index in [9.17, 15) is 4.79 Å². The molecule has 21 heavy (non-hydrogen) atoms. The van der Waals surface area contributed by atoms with E-state index in [2.05, 4.69) is 20.5 Å². The van der Waals surface area contributed by atoms with E-state index in [-0.39, 0.29) is 11.2 Å². The summed E-state index contributed by atoms with van der Waals surface area (Å²) in [5.41, 5.74) is 0. The number of thiophene rings is 1. The van der Waals surface area contributed by atoms with Crippen molar-refractivity contribution in [2.24, 2.45) is 0 Å². The van der Waals surface area contributed by atoms with Gasteiger partial charge in [-0.25, -0.2) is 4.98 Å². The smallest absolute Gasteiger partial charge is 0.233 e. The van der Waals surface area contributed by atoms with Crippen LogP contribution in [-0.2, 0) is 4.79 Å². The lowest BCUT2D eigenvalue weighted by molar-refractivity contribution is -0.120. The fraction of sp³-hybridized carbons (Fsp3) is 0.357. The quantitative estimate of drug-likeness (QED) is 0.769. The first-order chi connectivity index (χ1) is 10.2. The topological polar surface area (TPSA) is 70.7 Å². The van der Waals surface area contributed by atoms with E-state index in [0.717, 1.165) is 11.3 Å². The van der Waals surface area contributed by atoms with Gasteiger partial charge in [0.15, 0.2) is 0 Å². The number of thioether (sulfide) groups is 1. The summed E-state index contributed by atoms with van der Waals surface area (Å²) in [5.74, 6) is 0.703. The minimum atomic E-state index is -0.207. The SMILES string of the molecule is CCCNC(=O)C(C)Sc1n[nH]c(C=Cc2cccs2)n1. The number of aromatic amines is 1. The van der Waals surface area contributed by atoms with Gasteiger partial charge in [0.25, 0.3) is 0 Å². The molecule has 0 bridgehead atoms. The van der Waals surface area contributed by atoms with Crippen LogP contribution in [-0.4, -0.2) is 32.9 Å². The van der Waals surface area contributed by atoms with E-state index >= 15 is 0 Å². The zero-order valence-corrected chi connectivity index (χ0v) is 13.6. The molecule has 0 aliphatic rings. The molecule has 0 fully saturated rings. The molecule has 0 aliphatic carbocycles. The standard InChI is InChI=1S/C14H18N4OS2/c1-3-8-15-13(19)10(2)21-14-16-12(17-18-14)7-6-11-5-4-9-20-11/h4-7,9-10H,3,8H2,1-2H3,(H,15,19)(H,16,17,18). The summed E-state index contributed by atoms with van der Waals surface area (Å²) in [7, 11) is 0. The fourth-order valence-electron chi connectivity index (χ4n) is 1.54. The highest BCUT2D eigenvalue weighted by Crippen LogP contribution is 2.20. The normalized spacial score (nSPS) is 12.7. The Balaban J connectivity index is 1.89. The third kappa shape index (κ3) is 5.02. The number of carbonyl (C=O) groups is 1. The number of nitrogens with zero attached hydrogens (tertiary/aromatic N) is 2. The monoisotopic (exact) mass is 322 g/mol. The van der Waals surface area contributed by atoms with Gasteiger partial charge in [0, 0.05) is 11.4 Å². The van der Waals surface area contributed by atoms with Crippen LogP contribution in [0.5, 0.6) is 0 Å². The first kappa shape index (κ1) is 15.8. The zero-order valence-electron chi connectivity index (χ0n) is 12.0. The highest BCUT2D eigenvalue weighted by molar-refractivity contribution is 8.00. The number of carbonyl (C=O) groups excluding carboxylic acids is 1. The van der Waals surface area contributed by atoms with Crippen molar-refractivity contribution in [3.63, 3.8) is 0 Å². The summed E-state index contributed by atoms with van der Waals surface area (Å²) in [5, 5.41) is 12.2. The summed E-state index contributed by atoms with van der Waals surface area (Å²) in [6.45, 7) is 4.58. The van der Waals surface area contributed by atoms with E-state index < -0.39 is 0 Å². The van der Waals surface area contributed by atoms with E-state index in [4.69, 9.17) is 0 Å². The second kappa shape index (κ2) is 7.99. The van der Waals surface area contributed by atoms with Gasteiger partial charge in [0.1, 0.15) is 5.82 Å². The van der Waals surface area contributed by atoms with E-state index in [0.29, 0.717) is 17.5 Å². The summed E-state index contributed by atoms with van der Waals surface area (Å²) in [6.07, 6.45) is 4.79. The summed E-state index contributed by atoms with van der Waals surface area (Å²) < 4.78 is 0. The molecule has 0 saturated carbocycles. The summed E-state index contributed by atoms with van der Waals surface area (Å²) >= 11 is 3.01. The van der Waals surface area contributed by atoms with Gasteiger partial charge in [-0.05, 0) is 36.9 Å². The molecule has 1 unspecified atom stereocenters. The predicted molar refractivity (Wildman–Crippen MR) is 88.2 cm³/mol. The van der Waals surface area contributed by atoms with Crippen molar-refractivity contribution >= 4 is 41.2 Å². The minimum absolute atomic E-state index is 0.0160. The third-order valence-corrected chi connectivity index (χ3v) is 4.43. The Bertz CT molecular complexity index is 592. The second-order valence-corrected chi connectivity index (χ2v) is 6.69. The van der Waals surface area contributed by atoms with Crippen molar-refractivity contribution in [3.05, 3.63) is 28.2 Å². The summed E-state index contributed by atoms with van der Waals surface area (Å²) in [6, 6.07) is 4.04. The first-order valence-corrected chi connectivity index (χ1v) is 8.53. The molecule has 2 aromatic rings. The van der Waals surface area contributed by atoms with Crippen LogP contribution in [0.15, 0.2) is 22.7 Å². The molecule has 0 aliphatic heterocycles. The van der Waals surface area contributed by atoms with Crippen LogP contribution in [0.2, 0.25) is 0 Å². The van der Waals surface area contributed by atoms with Gasteiger partial charge in [-0.15, -0.1) is 16.4 Å². The van der Waals surface area contributed by atoms with Crippen LogP contribution in [0.3, 0.4) is 0 Å². The molecule has 2 aromatic heterocycles. The van der Waals surface area contributed by atoms with Crippen LogP contribution in [0, 0.1) is 0 Å². The number of nitrogens with one attached hydrogen (secondary N) is 2. The summed E-state index contributed by atoms with van der Waals surface area (Å²) in [4.78, 5) is 17.3. The number of amides is 1. The van der Waals surface area contributed by atoms with Crippen molar-refractivity contribution in [2.45, 2.75) is 30.7 Å². The number of rotatable bonds is 7. The van der Waals surface area contributed by atoms with Gasteiger partial charge in [-0.1, -0.05) is 24.8 Å². The highest BCUT2D eigenvalue weighted by Gasteiger charge is 2.16. The molecule has 2 heterocycles. The Morgan fingerprint density at radius 3 is 3.14 bits per heavy atom. The van der Waals surface area contributed by atoms with Gasteiger partial charge in [0.2, 0.25) is 11.1 Å². The molecule has 0 spiro atoms. The lowest BCUT2D eigenvalue weighted by Gasteiger charge is -2.08. The van der Waals surface area contributed by atoms with Crippen molar-refractivity contribution in [1.29, 1.82) is 0 Å². The molecule has 2 N–H and O–H groups in total. The number of hydrogen-bond acceptors (Lipinski definition) is 5. The van der Waals surface area contributed by atoms with Crippen LogP contribution in [0.1, 0.15) is 31.0 Å². The molecule has 0 radical (unpaired) electrons. The Hall–Kier alpha value is -1.60. The van der Waals surface area contributed by atoms with Crippen molar-refractivity contribution < 1.29 is 4.79 Å². The van der Waals surface area contributed by atoms with Gasteiger partial charge in [-0.3, -0.25) is 9.89 Å². The Morgan fingerprint density at radius 1 is 1.57 bits per heavy atom. The van der Waals surface area contributed by atoms with Crippen molar-refractivity contribution in [1.82, 2.24) is 20.5 Å². The molecule has 0 saturated heterocycles. The molecule has 112 valence electrons. The average Bonchev–Trinajstić information content (AvgIpc) is 3.13. The zero-order chi connectivity index (χ0) is 15.1. The van der Waals surface area contributed by atoms with Crippen LogP contribution >= 0.6 is 23.1 Å². The average molecular weight is 322 g/mol. The van der Waals surface area contributed by atoms with E-state index in [1.54, 1.807) is 11.3 Å². The van der Waals surface area contributed by atoms with E-state index in [1.165, 1.54) is 11.8 Å². The third-order valence-electron chi connectivity index (χ3n) is 2.63. The number of hydrogen-bond donors (Lipinski definition) is 2. The van der Waals surface area contributed by atoms with Gasteiger partial charge in [0.05, 0.1) is 5.25 Å². The lowest BCUT2D eigenvalue weighted by atomic mass is 10.4. The van der Waals surface area contributed by atoms with Crippen LogP contribution in [0.25, 0.3) is 12.2 Å². The molecule has 5 nitrogen and oxygen atoms in total. The van der Waals surface area contributed by atoms with Gasteiger partial charge >= 0.3 is 0 Å². The highest BCUT2D eigenvalue weighted by atomic mass is 32.2. The van der Waals surface area contributed by atoms with Crippen LogP contribution in [0.4, 0.5) is 0 Å². The Kier molecular flexibility index (Phi) is 6.01. The van der Waals surface area contributed by atoms with Gasteiger partial charge in [-0.2, -0.15) is 0 Å². The Labute approximate surface area is 132 Å². The molecule has 2 rings (SSSR count). The molecule has 1 atom stereocenters. The van der Waals surface area contributed by atoms with Gasteiger partial charge < -0.3 is 5.32 Å². The molecular weight excluding hydrogens is 304 g/mol. The fourth-order valence-corrected chi connectivity index (χ4v) is 2.91. The van der Waals surface area contributed by atoms with Crippen molar-refractivity contribution in [2.75, 3.05) is 6.54 Å². The van der Waals surface area contributed by atoms with E-state index in [1.807, 2.05) is 43.5 Å². The maximum atomic E-state index is 11.8. The number of aromatic nitrogens is 3. The molecule has 7 heteroatoms. The molecule has 1 amide bonds. The lowest BCUT2D eigenvalue weighted by Crippen LogP contribution is -2.31. The largest absolute Gasteiger partial charge is 0.355 e. The molecular formula is C14H18N4OS2. The molecule has 0 aromatic carbocycles. The minimum Gasteiger partial charge on any atom is -0.355 e. The first-order valence-electron chi connectivity index (χ1n) is 6.77. The second-order valence-electron chi connectivity index (χ2n) is 4.40. The number of H-pyrrole nitrogens is 1. The van der Waals surface area contributed by atoms with Crippen LogP contribution < -0.4 is 5.32 Å². The Morgan fingerprint density at radius 2 is 2.43 bits per heavy atom. The maximum absolute atomic E-state index is 11.8. The maximum Gasteiger partial charge on any atom is 0.233 e. The van der Waals surface area contributed by atoms with Crippen molar-refractivity contribution in [3.8, 4) is 0 Å². The predicted octanol–water partition coefficient (Wildman–Crippen LogP) is 3.04.